The molecule has 0 radical (unpaired) electrons. The van der Waals surface area contributed by atoms with Crippen LogP contribution in [0.4, 0.5) is 5.69 Å². The minimum absolute atomic E-state index is 0.112. The summed E-state index contributed by atoms with van der Waals surface area (Å²) in [6, 6.07) is 0. The summed E-state index contributed by atoms with van der Waals surface area (Å²) in [5.41, 5.74) is 7.63. The number of nitrogens with two attached hydrogens (primary N) is 1. The quantitative estimate of drug-likeness (QED) is 0.683. The van der Waals surface area contributed by atoms with E-state index in [1.54, 1.807) is 4.68 Å². The van der Waals surface area contributed by atoms with Gasteiger partial charge in [0, 0.05) is 13.1 Å². The third-order valence-electron chi connectivity index (χ3n) is 3.50. The molecule has 0 spiro atoms. The van der Waals surface area contributed by atoms with Crippen LogP contribution in [-0.4, -0.2) is 22.2 Å². The average molecular weight is 280 g/mol. The van der Waals surface area contributed by atoms with Crippen LogP contribution >= 0.6 is 0 Å². The lowest BCUT2D eigenvalue weighted by molar-refractivity contribution is 0.0943. The minimum Gasteiger partial charge on any atom is -0.395 e. The molecule has 1 aromatic rings. The number of aromatic nitrogens is 2. The van der Waals surface area contributed by atoms with E-state index < -0.39 is 0 Å². The van der Waals surface area contributed by atoms with E-state index in [1.165, 1.54) is 32.1 Å². The maximum absolute atomic E-state index is 12.1. The largest absolute Gasteiger partial charge is 0.395 e. The van der Waals surface area contributed by atoms with E-state index in [2.05, 4.69) is 17.3 Å². The topological polar surface area (TPSA) is 72.9 Å². The van der Waals surface area contributed by atoms with Crippen LogP contribution in [0.5, 0.6) is 0 Å². The summed E-state index contributed by atoms with van der Waals surface area (Å²) in [5.74, 6) is -0.112. The number of nitrogens with one attached hydrogen (secondary N) is 1. The number of hydrogen-bond acceptors (Lipinski definition) is 3. The third kappa shape index (κ3) is 4.54. The molecule has 0 unspecified atom stereocenters. The van der Waals surface area contributed by atoms with E-state index in [4.69, 9.17) is 5.73 Å². The van der Waals surface area contributed by atoms with Crippen molar-refractivity contribution in [2.45, 2.75) is 65.8 Å². The van der Waals surface area contributed by atoms with Crippen molar-refractivity contribution in [3.05, 3.63) is 11.4 Å². The second kappa shape index (κ2) is 8.61. The van der Waals surface area contributed by atoms with Crippen LogP contribution in [0.2, 0.25) is 0 Å². The molecule has 0 aliphatic rings. The maximum atomic E-state index is 12.1. The normalized spacial score (nSPS) is 10.8. The van der Waals surface area contributed by atoms with Gasteiger partial charge in [-0.15, -0.1) is 0 Å². The van der Waals surface area contributed by atoms with Crippen molar-refractivity contribution in [3.8, 4) is 0 Å². The molecule has 1 rings (SSSR count). The van der Waals surface area contributed by atoms with Crippen molar-refractivity contribution in [2.75, 3.05) is 12.3 Å². The van der Waals surface area contributed by atoms with Crippen LogP contribution < -0.4 is 11.1 Å². The summed E-state index contributed by atoms with van der Waals surface area (Å²) in [5, 5.41) is 7.20. The van der Waals surface area contributed by atoms with Gasteiger partial charge in [0.25, 0.3) is 5.91 Å². The fraction of sp³-hybridized carbons (Fsp3) is 0.733. The molecule has 20 heavy (non-hydrogen) atoms. The van der Waals surface area contributed by atoms with Gasteiger partial charge in [0.2, 0.25) is 0 Å². The molecular weight excluding hydrogens is 252 g/mol. The SMILES string of the molecule is CCCCCCCCNC(=O)c1c(N)c(C)nn1CC. The maximum Gasteiger partial charge on any atom is 0.271 e. The van der Waals surface area contributed by atoms with Gasteiger partial charge in [0.1, 0.15) is 5.69 Å². The van der Waals surface area contributed by atoms with E-state index in [-0.39, 0.29) is 5.91 Å². The molecule has 3 N–H and O–H groups in total. The Labute approximate surface area is 121 Å². The molecule has 0 aliphatic carbocycles. The Hall–Kier alpha value is -1.52. The van der Waals surface area contributed by atoms with E-state index >= 15 is 0 Å². The molecule has 0 aromatic carbocycles. The highest BCUT2D eigenvalue weighted by Crippen LogP contribution is 2.16. The molecule has 114 valence electrons. The number of nitrogen functional groups attached to an aromatic ring is 1. The van der Waals surface area contributed by atoms with E-state index in [0.29, 0.717) is 24.5 Å². The highest BCUT2D eigenvalue weighted by Gasteiger charge is 2.18. The molecular formula is C15H28N4O. The van der Waals surface area contributed by atoms with Gasteiger partial charge < -0.3 is 11.1 Å². The number of carbonyl (C=O) groups is 1. The lowest BCUT2D eigenvalue weighted by atomic mass is 10.1. The summed E-state index contributed by atoms with van der Waals surface area (Å²) in [6.07, 6.45) is 7.29. The molecule has 1 aromatic heterocycles. The Morgan fingerprint density at radius 1 is 1.20 bits per heavy atom. The predicted molar refractivity (Wildman–Crippen MR) is 82.8 cm³/mol. The summed E-state index contributed by atoms with van der Waals surface area (Å²) < 4.78 is 1.67. The number of unbranched alkanes of at least 4 members (excludes halogenated alkanes) is 5. The van der Waals surface area contributed by atoms with Gasteiger partial charge in [-0.3, -0.25) is 9.48 Å². The van der Waals surface area contributed by atoms with Gasteiger partial charge in [-0.2, -0.15) is 5.10 Å². The van der Waals surface area contributed by atoms with E-state index in [1.807, 2.05) is 13.8 Å². The number of nitrogens with zero attached hydrogens (tertiary/aromatic N) is 2. The molecule has 0 saturated heterocycles. The van der Waals surface area contributed by atoms with Gasteiger partial charge in [-0.1, -0.05) is 39.0 Å². The Kier molecular flexibility index (Phi) is 7.12. The molecule has 0 saturated carbocycles. The van der Waals surface area contributed by atoms with E-state index in [9.17, 15) is 4.79 Å². The van der Waals surface area contributed by atoms with Crippen LogP contribution in [-0.2, 0) is 6.54 Å². The van der Waals surface area contributed by atoms with E-state index in [0.717, 1.165) is 12.1 Å². The van der Waals surface area contributed by atoms with Crippen molar-refractivity contribution in [1.82, 2.24) is 15.1 Å². The Morgan fingerprint density at radius 2 is 1.85 bits per heavy atom. The Bertz CT molecular complexity index is 426. The number of aryl methyl sites for hydroxylation is 2. The van der Waals surface area contributed by atoms with Crippen molar-refractivity contribution >= 4 is 11.6 Å². The van der Waals surface area contributed by atoms with Crippen molar-refractivity contribution in [2.24, 2.45) is 0 Å². The van der Waals surface area contributed by atoms with Crippen LogP contribution in [0.1, 0.15) is 68.6 Å². The van der Waals surface area contributed by atoms with Crippen molar-refractivity contribution < 1.29 is 4.79 Å². The van der Waals surface area contributed by atoms with Crippen molar-refractivity contribution in [3.63, 3.8) is 0 Å². The first-order chi connectivity index (χ1) is 9.61. The number of rotatable bonds is 9. The first-order valence-corrected chi connectivity index (χ1v) is 7.72. The van der Waals surface area contributed by atoms with Gasteiger partial charge in [-0.05, 0) is 20.3 Å². The van der Waals surface area contributed by atoms with Crippen molar-refractivity contribution in [1.29, 1.82) is 0 Å². The number of carbonyl (C=O) groups excluding carboxylic acids is 1. The molecule has 5 heteroatoms. The zero-order valence-corrected chi connectivity index (χ0v) is 13.0. The van der Waals surface area contributed by atoms with Gasteiger partial charge in [0.15, 0.2) is 0 Å². The number of amides is 1. The molecule has 1 amide bonds. The first kappa shape index (κ1) is 16.5. The Balaban J connectivity index is 2.36. The zero-order valence-electron chi connectivity index (χ0n) is 13.0. The fourth-order valence-electron chi connectivity index (χ4n) is 2.25. The number of hydrogen-bond donors (Lipinski definition) is 2. The average Bonchev–Trinajstić information content (AvgIpc) is 2.73. The summed E-state index contributed by atoms with van der Waals surface area (Å²) >= 11 is 0. The lowest BCUT2D eigenvalue weighted by Crippen LogP contribution is -2.27. The van der Waals surface area contributed by atoms with Gasteiger partial charge in [-0.25, -0.2) is 0 Å². The Morgan fingerprint density at radius 3 is 2.50 bits per heavy atom. The van der Waals surface area contributed by atoms with Gasteiger partial charge in [0.05, 0.1) is 11.4 Å². The lowest BCUT2D eigenvalue weighted by Gasteiger charge is -2.07. The van der Waals surface area contributed by atoms with Crippen LogP contribution in [0.25, 0.3) is 0 Å². The second-order valence-corrected chi connectivity index (χ2v) is 5.19. The van der Waals surface area contributed by atoms with Crippen LogP contribution in [0, 0.1) is 6.92 Å². The summed E-state index contributed by atoms with van der Waals surface area (Å²) in [6.45, 7) is 7.35. The fourth-order valence-corrected chi connectivity index (χ4v) is 2.25. The molecule has 5 nitrogen and oxygen atoms in total. The molecule has 0 fully saturated rings. The minimum atomic E-state index is -0.112. The monoisotopic (exact) mass is 280 g/mol. The molecule has 0 atom stereocenters. The van der Waals surface area contributed by atoms with Crippen LogP contribution in [0.3, 0.4) is 0 Å². The first-order valence-electron chi connectivity index (χ1n) is 7.72. The summed E-state index contributed by atoms with van der Waals surface area (Å²) in [7, 11) is 0. The highest BCUT2D eigenvalue weighted by atomic mass is 16.2. The number of anilines is 1. The second-order valence-electron chi connectivity index (χ2n) is 5.19. The molecule has 0 bridgehead atoms. The van der Waals surface area contributed by atoms with Gasteiger partial charge >= 0.3 is 0 Å². The molecule has 1 heterocycles. The third-order valence-corrected chi connectivity index (χ3v) is 3.50. The zero-order chi connectivity index (χ0) is 15.0. The highest BCUT2D eigenvalue weighted by molar-refractivity contribution is 5.97. The smallest absolute Gasteiger partial charge is 0.271 e. The van der Waals surface area contributed by atoms with Crippen LogP contribution in [0.15, 0.2) is 0 Å². The standard InChI is InChI=1S/C15H28N4O/c1-4-6-7-8-9-10-11-17-15(20)14-13(16)12(3)18-19(14)5-2/h4-11,16H2,1-3H3,(H,17,20). The summed E-state index contributed by atoms with van der Waals surface area (Å²) in [4.78, 5) is 12.1. The molecule has 0 aliphatic heterocycles. The predicted octanol–water partition coefficient (Wildman–Crippen LogP) is 2.88.